The zero-order chi connectivity index (χ0) is 29.1. The molecule has 9 nitrogen and oxygen atoms in total. The highest BCUT2D eigenvalue weighted by Gasteiger charge is 2.25. The zero-order valence-electron chi connectivity index (χ0n) is 23.2. The van der Waals surface area contributed by atoms with E-state index in [1.54, 1.807) is 36.4 Å². The van der Waals surface area contributed by atoms with Crippen LogP contribution in [0.1, 0.15) is 58.2 Å². The molecule has 4 heterocycles. The standard InChI is InChI=1S/C32H32FN5O4/c33-26-16-21(18-34)4-5-24(26)20-42-31-3-1-2-27(36-31)22-8-12-37(13-9-22)14-10-30-35-28-7-6-23(32(39)40)17-29(28)38(30)19-25-11-15-41-25/h1-7,16-17,22,25H,8-15,19-20H2,(H,39,40)/t25-/m0/s1. The summed E-state index contributed by atoms with van der Waals surface area (Å²) in [6.07, 6.45) is 3.84. The lowest BCUT2D eigenvalue weighted by atomic mass is 9.93. The van der Waals surface area contributed by atoms with Crippen molar-refractivity contribution in [2.75, 3.05) is 26.2 Å². The number of fused-ring (bicyclic) bond motifs is 1. The number of nitrogens with zero attached hydrogens (tertiary/aromatic N) is 5. The molecule has 0 unspecified atom stereocenters. The number of imidazole rings is 1. The maximum absolute atomic E-state index is 14.2. The second-order valence-electron chi connectivity index (χ2n) is 10.9. The molecule has 2 aliphatic rings. The molecule has 6 rings (SSSR count). The van der Waals surface area contributed by atoms with Gasteiger partial charge in [0, 0.05) is 42.8 Å². The second-order valence-corrected chi connectivity index (χ2v) is 10.9. The van der Waals surface area contributed by atoms with Crippen LogP contribution in [0.3, 0.4) is 0 Å². The average Bonchev–Trinajstić information content (AvgIpc) is 3.34. The number of aromatic carboxylic acids is 1. The predicted octanol–water partition coefficient (Wildman–Crippen LogP) is 4.93. The maximum Gasteiger partial charge on any atom is 0.335 e. The van der Waals surface area contributed by atoms with E-state index in [0.717, 1.165) is 74.5 Å². The highest BCUT2D eigenvalue weighted by atomic mass is 19.1. The van der Waals surface area contributed by atoms with Gasteiger partial charge in [0.1, 0.15) is 18.2 Å². The topological polar surface area (TPSA) is 114 Å². The van der Waals surface area contributed by atoms with Gasteiger partial charge in [-0.15, -0.1) is 0 Å². The van der Waals surface area contributed by atoms with Crippen molar-refractivity contribution < 1.29 is 23.8 Å². The average molecular weight is 570 g/mol. The summed E-state index contributed by atoms with van der Waals surface area (Å²) in [5.41, 5.74) is 3.54. The quantitative estimate of drug-likeness (QED) is 0.286. The van der Waals surface area contributed by atoms with Gasteiger partial charge in [-0.2, -0.15) is 5.26 Å². The number of likely N-dealkylation sites (tertiary alicyclic amines) is 1. The van der Waals surface area contributed by atoms with Crippen LogP contribution < -0.4 is 4.74 Å². The number of nitriles is 1. The Kier molecular flexibility index (Phi) is 8.13. The van der Waals surface area contributed by atoms with Crippen molar-refractivity contribution >= 4 is 17.0 Å². The predicted molar refractivity (Wildman–Crippen MR) is 153 cm³/mol. The molecule has 0 bridgehead atoms. The summed E-state index contributed by atoms with van der Waals surface area (Å²) in [6.45, 7) is 4.22. The molecule has 4 aromatic rings. The molecular formula is C32H32FN5O4. The highest BCUT2D eigenvalue weighted by Crippen LogP contribution is 2.29. The van der Waals surface area contributed by atoms with Crippen LogP contribution in [0, 0.1) is 17.1 Å². The van der Waals surface area contributed by atoms with Crippen molar-refractivity contribution in [2.24, 2.45) is 0 Å². The lowest BCUT2D eigenvalue weighted by Crippen LogP contribution is -2.35. The number of rotatable bonds is 10. The molecule has 2 aromatic heterocycles. The lowest BCUT2D eigenvalue weighted by Gasteiger charge is -2.32. The Bertz CT molecular complexity index is 1640. The van der Waals surface area contributed by atoms with Crippen molar-refractivity contribution in [1.29, 1.82) is 5.26 Å². The number of hydrogen-bond acceptors (Lipinski definition) is 7. The van der Waals surface area contributed by atoms with Gasteiger partial charge in [-0.1, -0.05) is 12.1 Å². The van der Waals surface area contributed by atoms with E-state index in [1.165, 1.54) is 6.07 Å². The molecule has 10 heteroatoms. The molecule has 0 spiro atoms. The molecular weight excluding hydrogens is 537 g/mol. The monoisotopic (exact) mass is 569 g/mol. The summed E-state index contributed by atoms with van der Waals surface area (Å²) >= 11 is 0. The molecule has 1 N–H and O–H groups in total. The van der Waals surface area contributed by atoms with Crippen molar-refractivity contribution in [1.82, 2.24) is 19.4 Å². The third-order valence-corrected chi connectivity index (χ3v) is 8.21. The van der Waals surface area contributed by atoms with Crippen molar-refractivity contribution in [2.45, 2.75) is 50.9 Å². The van der Waals surface area contributed by atoms with E-state index < -0.39 is 11.8 Å². The lowest BCUT2D eigenvalue weighted by molar-refractivity contribution is -0.0590. The van der Waals surface area contributed by atoms with Crippen molar-refractivity contribution in [3.8, 4) is 11.9 Å². The first-order chi connectivity index (χ1) is 20.5. The zero-order valence-corrected chi connectivity index (χ0v) is 23.2. The summed E-state index contributed by atoms with van der Waals surface area (Å²) in [4.78, 5) is 23.6. The number of benzene rings is 2. The van der Waals surface area contributed by atoms with Gasteiger partial charge >= 0.3 is 5.97 Å². The molecule has 0 saturated carbocycles. The van der Waals surface area contributed by atoms with E-state index >= 15 is 0 Å². The third kappa shape index (κ3) is 6.12. The van der Waals surface area contributed by atoms with Crippen LogP contribution in [-0.2, 0) is 24.3 Å². The van der Waals surface area contributed by atoms with Crippen LogP contribution in [0.25, 0.3) is 11.0 Å². The molecule has 2 fully saturated rings. The van der Waals surface area contributed by atoms with Crippen LogP contribution >= 0.6 is 0 Å². The van der Waals surface area contributed by atoms with E-state index in [0.29, 0.717) is 23.9 Å². The maximum atomic E-state index is 14.2. The molecule has 2 aromatic carbocycles. The van der Waals surface area contributed by atoms with Gasteiger partial charge in [0.05, 0.1) is 40.9 Å². The first kappa shape index (κ1) is 27.8. The van der Waals surface area contributed by atoms with Crippen molar-refractivity contribution in [3.05, 3.63) is 88.6 Å². The second kappa shape index (κ2) is 12.3. The summed E-state index contributed by atoms with van der Waals surface area (Å²) in [7, 11) is 0. The molecule has 216 valence electrons. The minimum atomic E-state index is -0.944. The Hall–Kier alpha value is -4.33. The minimum Gasteiger partial charge on any atom is -0.478 e. The van der Waals surface area contributed by atoms with Gasteiger partial charge in [0.2, 0.25) is 5.88 Å². The molecule has 0 radical (unpaired) electrons. The number of hydrogen-bond donors (Lipinski definition) is 1. The Balaban J connectivity index is 1.06. The Morgan fingerprint density at radius 3 is 2.67 bits per heavy atom. The van der Waals surface area contributed by atoms with Crippen LogP contribution in [0.2, 0.25) is 0 Å². The number of piperidine rings is 1. The Labute approximate surface area is 243 Å². The van der Waals surface area contributed by atoms with E-state index in [2.05, 4.69) is 9.47 Å². The summed E-state index contributed by atoms with van der Waals surface area (Å²) in [6, 6.07) is 17.1. The Morgan fingerprint density at radius 1 is 1.12 bits per heavy atom. The number of ether oxygens (including phenoxy) is 2. The molecule has 2 saturated heterocycles. The molecule has 42 heavy (non-hydrogen) atoms. The number of halogens is 1. The van der Waals surface area contributed by atoms with E-state index in [9.17, 15) is 14.3 Å². The summed E-state index contributed by atoms with van der Waals surface area (Å²) < 4.78 is 27.8. The number of carboxylic acids is 1. The Morgan fingerprint density at radius 2 is 1.95 bits per heavy atom. The normalized spacial score (nSPS) is 17.6. The largest absolute Gasteiger partial charge is 0.478 e. The first-order valence-electron chi connectivity index (χ1n) is 14.3. The van der Waals surface area contributed by atoms with Crippen LogP contribution in [0.4, 0.5) is 4.39 Å². The van der Waals surface area contributed by atoms with E-state index in [4.69, 9.17) is 24.7 Å². The summed E-state index contributed by atoms with van der Waals surface area (Å²) in [5.74, 6) is 0.316. The first-order valence-corrected chi connectivity index (χ1v) is 14.3. The van der Waals surface area contributed by atoms with Gasteiger partial charge in [-0.05, 0) is 68.8 Å². The van der Waals surface area contributed by atoms with Gasteiger partial charge in [-0.3, -0.25) is 0 Å². The van der Waals surface area contributed by atoms with E-state index in [-0.39, 0.29) is 23.8 Å². The fourth-order valence-corrected chi connectivity index (χ4v) is 5.67. The number of carbonyl (C=O) groups is 1. The number of carboxylic acid groups (broad SMARTS) is 1. The molecule has 2 aliphatic heterocycles. The van der Waals surface area contributed by atoms with Crippen LogP contribution in [0.5, 0.6) is 5.88 Å². The van der Waals surface area contributed by atoms with Crippen LogP contribution in [0.15, 0.2) is 54.6 Å². The van der Waals surface area contributed by atoms with Gasteiger partial charge < -0.3 is 24.0 Å². The van der Waals surface area contributed by atoms with Crippen molar-refractivity contribution in [3.63, 3.8) is 0 Å². The molecule has 0 aliphatic carbocycles. The van der Waals surface area contributed by atoms with Gasteiger partial charge in [0.25, 0.3) is 0 Å². The fourth-order valence-electron chi connectivity index (χ4n) is 5.67. The van der Waals surface area contributed by atoms with Gasteiger partial charge in [-0.25, -0.2) is 19.2 Å². The van der Waals surface area contributed by atoms with E-state index in [1.807, 2.05) is 18.2 Å². The molecule has 1 atom stereocenters. The third-order valence-electron chi connectivity index (χ3n) is 8.21. The number of aromatic nitrogens is 3. The smallest absolute Gasteiger partial charge is 0.335 e. The number of pyridine rings is 1. The summed E-state index contributed by atoms with van der Waals surface area (Å²) in [5, 5.41) is 18.4. The highest BCUT2D eigenvalue weighted by molar-refractivity contribution is 5.92. The SMILES string of the molecule is N#Cc1ccc(COc2cccc(C3CCN(CCc4nc5ccc(C(=O)O)cc5n4C[C@@H]4CCO4)CC3)n2)c(F)c1. The van der Waals surface area contributed by atoms with Gasteiger partial charge in [0.15, 0.2) is 0 Å². The molecule has 0 amide bonds. The minimum absolute atomic E-state index is 0.0434. The van der Waals surface area contributed by atoms with Crippen LogP contribution in [-0.4, -0.2) is 62.9 Å². The fraction of sp³-hybridized carbons (Fsp3) is 0.375.